The van der Waals surface area contributed by atoms with Crippen molar-refractivity contribution in [3.05, 3.63) is 39.8 Å². The molecule has 1 aromatic heterocycles. The van der Waals surface area contributed by atoms with Crippen LogP contribution in [0.5, 0.6) is 0 Å². The number of benzene rings is 1. The number of aromatic carboxylic acids is 1. The minimum absolute atomic E-state index is 0.143. The number of hydrazine groups is 1. The van der Waals surface area contributed by atoms with E-state index in [1.54, 1.807) is 16.3 Å². The van der Waals surface area contributed by atoms with E-state index in [1.165, 1.54) is 4.88 Å². The summed E-state index contributed by atoms with van der Waals surface area (Å²) in [7, 11) is 5.82. The number of nitrogens with zero attached hydrogens (tertiary/aromatic N) is 2. The van der Waals surface area contributed by atoms with Gasteiger partial charge in [-0.15, -0.1) is 11.3 Å². The maximum absolute atomic E-state index is 12.2. The van der Waals surface area contributed by atoms with E-state index in [1.807, 2.05) is 38.2 Å². The number of thiophene rings is 1. The van der Waals surface area contributed by atoms with Crippen molar-refractivity contribution in [3.63, 3.8) is 0 Å². The lowest BCUT2D eigenvalue weighted by Crippen LogP contribution is -2.25. The van der Waals surface area contributed by atoms with Crippen molar-refractivity contribution in [1.29, 1.82) is 0 Å². The molecule has 3 rings (SSSR count). The van der Waals surface area contributed by atoms with Crippen LogP contribution in [0.3, 0.4) is 0 Å². The van der Waals surface area contributed by atoms with Crippen LogP contribution in [0.25, 0.3) is 10.4 Å². The van der Waals surface area contributed by atoms with Crippen LogP contribution >= 0.6 is 11.3 Å². The second kappa shape index (κ2) is 7.26. The molecule has 0 bridgehead atoms. The van der Waals surface area contributed by atoms with E-state index < -0.39 is 5.97 Å². The topological polar surface area (TPSA) is 69.8 Å². The maximum atomic E-state index is 12.2. The molecule has 0 atom stereocenters. The molecule has 0 radical (unpaired) electrons. The van der Waals surface area contributed by atoms with Crippen LogP contribution in [0.2, 0.25) is 0 Å². The van der Waals surface area contributed by atoms with E-state index in [2.05, 4.69) is 19.9 Å². The highest BCUT2D eigenvalue weighted by Crippen LogP contribution is 2.46. The summed E-state index contributed by atoms with van der Waals surface area (Å²) >= 11 is 1.65. The van der Waals surface area contributed by atoms with E-state index >= 15 is 0 Å². The molecule has 27 heavy (non-hydrogen) atoms. The Morgan fingerprint density at radius 1 is 1.30 bits per heavy atom. The molecule has 5 nitrogen and oxygen atoms in total. The first-order valence-electron chi connectivity index (χ1n) is 9.23. The number of carbonyl (C=O) groups is 1. The average molecular weight is 388 g/mol. The highest BCUT2D eigenvalue weighted by molar-refractivity contribution is 7.16. The van der Waals surface area contributed by atoms with Crippen molar-refractivity contribution >= 4 is 23.0 Å². The predicted molar refractivity (Wildman–Crippen MR) is 113 cm³/mol. The van der Waals surface area contributed by atoms with Gasteiger partial charge in [-0.1, -0.05) is 19.9 Å². The van der Waals surface area contributed by atoms with Crippen LogP contribution < -0.4 is 10.7 Å². The number of rotatable bonds is 5. The van der Waals surface area contributed by atoms with Crippen LogP contribution in [0.15, 0.2) is 18.2 Å². The highest BCUT2D eigenvalue weighted by Gasteiger charge is 2.33. The Bertz CT molecular complexity index is 869. The first kappa shape index (κ1) is 19.9. The second-order valence-corrected chi connectivity index (χ2v) is 9.61. The summed E-state index contributed by atoms with van der Waals surface area (Å²) in [4.78, 5) is 16.4. The Morgan fingerprint density at radius 3 is 2.59 bits per heavy atom. The molecule has 0 unspecified atom stereocenters. The minimum atomic E-state index is -0.830. The van der Waals surface area contributed by atoms with Crippen molar-refractivity contribution in [3.8, 4) is 10.4 Å². The van der Waals surface area contributed by atoms with E-state index in [9.17, 15) is 9.90 Å². The Hall–Kier alpha value is -1.89. The van der Waals surface area contributed by atoms with Gasteiger partial charge >= 0.3 is 5.97 Å². The zero-order valence-electron chi connectivity index (χ0n) is 16.8. The lowest BCUT2D eigenvalue weighted by atomic mass is 9.76. The third-order valence-electron chi connectivity index (χ3n) is 5.26. The lowest BCUT2D eigenvalue weighted by Gasteiger charge is -2.29. The molecule has 0 amide bonds. The first-order chi connectivity index (χ1) is 12.6. The van der Waals surface area contributed by atoms with Gasteiger partial charge in [0.1, 0.15) is 0 Å². The molecule has 1 aromatic carbocycles. The fourth-order valence-corrected chi connectivity index (χ4v) is 5.18. The number of aryl methyl sites for hydroxylation is 1. The monoisotopic (exact) mass is 387 g/mol. The number of fused-ring (bicyclic) bond motifs is 1. The molecule has 0 aliphatic heterocycles. The van der Waals surface area contributed by atoms with Gasteiger partial charge in [-0.2, -0.15) is 0 Å². The van der Waals surface area contributed by atoms with Crippen molar-refractivity contribution in [1.82, 2.24) is 5.01 Å². The molecule has 6 heteroatoms. The predicted octanol–water partition coefficient (Wildman–Crippen LogP) is 4.00. The zero-order chi connectivity index (χ0) is 19.9. The molecule has 0 saturated heterocycles. The SMILES string of the molecule is CN(N)Cc1cc(N(C)C)ccc1-c1sc2c(c1C(=O)O)CC(C)(C)CC2. The normalized spacial score (nSPS) is 15.7. The Labute approximate surface area is 165 Å². The van der Waals surface area contributed by atoms with Crippen LogP contribution in [-0.4, -0.2) is 37.2 Å². The van der Waals surface area contributed by atoms with Gasteiger partial charge in [0.2, 0.25) is 0 Å². The average Bonchev–Trinajstić information content (AvgIpc) is 2.91. The van der Waals surface area contributed by atoms with Crippen LogP contribution in [0.4, 0.5) is 5.69 Å². The van der Waals surface area contributed by atoms with Gasteiger partial charge in [0.15, 0.2) is 0 Å². The Balaban J connectivity index is 2.19. The summed E-state index contributed by atoms with van der Waals surface area (Å²) in [5, 5.41) is 11.7. The van der Waals surface area contributed by atoms with Crippen LogP contribution in [0.1, 0.15) is 46.6 Å². The molecular formula is C21H29N3O2S. The Kier molecular flexibility index (Phi) is 5.34. The molecule has 2 aromatic rings. The molecule has 146 valence electrons. The summed E-state index contributed by atoms with van der Waals surface area (Å²) in [6, 6.07) is 6.19. The summed E-state index contributed by atoms with van der Waals surface area (Å²) < 4.78 is 0. The third-order valence-corrected chi connectivity index (χ3v) is 6.58. The number of anilines is 1. The number of nitrogens with two attached hydrogens (primary N) is 1. The van der Waals surface area contributed by atoms with Gasteiger partial charge in [-0.25, -0.2) is 9.80 Å². The van der Waals surface area contributed by atoms with Crippen molar-refractivity contribution in [2.24, 2.45) is 11.3 Å². The van der Waals surface area contributed by atoms with Crippen LogP contribution in [0, 0.1) is 5.41 Å². The molecule has 0 saturated carbocycles. The highest BCUT2D eigenvalue weighted by atomic mass is 32.1. The molecule has 1 aliphatic carbocycles. The van der Waals surface area contributed by atoms with Crippen molar-refractivity contribution < 1.29 is 9.90 Å². The number of carboxylic acid groups (broad SMARTS) is 1. The van der Waals surface area contributed by atoms with Gasteiger partial charge < -0.3 is 10.0 Å². The lowest BCUT2D eigenvalue weighted by molar-refractivity contribution is 0.0696. The van der Waals surface area contributed by atoms with Gasteiger partial charge in [-0.05, 0) is 53.5 Å². The number of carboxylic acids is 1. The fraction of sp³-hybridized carbons (Fsp3) is 0.476. The van der Waals surface area contributed by atoms with Crippen molar-refractivity contribution in [2.75, 3.05) is 26.0 Å². The smallest absolute Gasteiger partial charge is 0.337 e. The minimum Gasteiger partial charge on any atom is -0.478 e. The van der Waals surface area contributed by atoms with E-state index in [0.717, 1.165) is 46.5 Å². The standard InChI is InChI=1S/C21H29N3O2S/c1-21(2)9-8-17-16(11-21)18(20(25)26)19(27-17)15-7-6-14(23(3)4)10-13(15)12-24(5)22/h6-7,10H,8-9,11-12,22H2,1-5H3,(H,25,26). The summed E-state index contributed by atoms with van der Waals surface area (Å²) in [5.41, 5.74) is 4.77. The second-order valence-electron chi connectivity index (χ2n) is 8.51. The first-order valence-corrected chi connectivity index (χ1v) is 10.0. The summed E-state index contributed by atoms with van der Waals surface area (Å²) in [5.74, 6) is 5.11. The van der Waals surface area contributed by atoms with Gasteiger partial charge in [0.25, 0.3) is 0 Å². The van der Waals surface area contributed by atoms with Gasteiger partial charge in [-0.3, -0.25) is 5.84 Å². The molecule has 0 fully saturated rings. The van der Waals surface area contributed by atoms with Crippen LogP contribution in [-0.2, 0) is 19.4 Å². The molecule has 3 N–H and O–H groups in total. The van der Waals surface area contributed by atoms with E-state index in [-0.39, 0.29) is 5.41 Å². The molecule has 0 spiro atoms. The fourth-order valence-electron chi connectivity index (χ4n) is 3.82. The Morgan fingerprint density at radius 2 is 2.00 bits per heavy atom. The largest absolute Gasteiger partial charge is 0.478 e. The quantitative estimate of drug-likeness (QED) is 0.599. The molecule has 1 heterocycles. The maximum Gasteiger partial charge on any atom is 0.337 e. The third kappa shape index (κ3) is 4.03. The van der Waals surface area contributed by atoms with Gasteiger partial charge in [0, 0.05) is 43.1 Å². The molecule has 1 aliphatic rings. The summed E-state index contributed by atoms with van der Waals surface area (Å²) in [6.45, 7) is 5.00. The van der Waals surface area contributed by atoms with E-state index in [0.29, 0.717) is 12.1 Å². The zero-order valence-corrected chi connectivity index (χ0v) is 17.6. The summed E-state index contributed by atoms with van der Waals surface area (Å²) in [6.07, 6.45) is 2.87. The number of hydrogen-bond donors (Lipinski definition) is 2. The van der Waals surface area contributed by atoms with Gasteiger partial charge in [0.05, 0.1) is 5.56 Å². The van der Waals surface area contributed by atoms with E-state index in [4.69, 9.17) is 5.84 Å². The molecular weight excluding hydrogens is 358 g/mol. The number of hydrogen-bond acceptors (Lipinski definition) is 5. The van der Waals surface area contributed by atoms with Crippen molar-refractivity contribution in [2.45, 2.75) is 39.7 Å².